The molecule has 0 amide bonds. The van der Waals surface area contributed by atoms with Crippen LogP contribution in [0.25, 0.3) is 11.3 Å². The molecule has 0 atom stereocenters. The van der Waals surface area contributed by atoms with Gasteiger partial charge in [0.15, 0.2) is 0 Å². The largest absolute Gasteiger partial charge is 0.493 e. The number of pyridine rings is 1. The fourth-order valence-electron chi connectivity index (χ4n) is 1.77. The summed E-state index contributed by atoms with van der Waals surface area (Å²) in [5, 5.41) is 0. The minimum absolute atomic E-state index is 0.739. The molecule has 0 radical (unpaired) electrons. The molecule has 0 bridgehead atoms. The summed E-state index contributed by atoms with van der Waals surface area (Å²) in [7, 11) is 0. The maximum atomic E-state index is 5.76. The molecule has 1 aromatic heterocycles. The summed E-state index contributed by atoms with van der Waals surface area (Å²) in [6.07, 6.45) is 2.83. The van der Waals surface area contributed by atoms with Crippen molar-refractivity contribution in [3.05, 3.63) is 48.2 Å². The van der Waals surface area contributed by atoms with Crippen molar-refractivity contribution < 1.29 is 4.74 Å². The van der Waals surface area contributed by atoms with E-state index in [2.05, 4.69) is 31.0 Å². The van der Waals surface area contributed by atoms with Gasteiger partial charge in [-0.05, 0) is 37.1 Å². The molecular formula is C15H17NO. The Hall–Kier alpha value is -1.83. The Morgan fingerprint density at radius 3 is 2.71 bits per heavy atom. The predicted molar refractivity (Wildman–Crippen MR) is 70.2 cm³/mol. The quantitative estimate of drug-likeness (QED) is 0.791. The normalized spacial score (nSPS) is 10.2. The van der Waals surface area contributed by atoms with Gasteiger partial charge in [-0.2, -0.15) is 0 Å². The van der Waals surface area contributed by atoms with Gasteiger partial charge in [-0.15, -0.1) is 0 Å². The van der Waals surface area contributed by atoms with Crippen molar-refractivity contribution in [1.29, 1.82) is 0 Å². The van der Waals surface area contributed by atoms with Crippen LogP contribution in [0.4, 0.5) is 0 Å². The van der Waals surface area contributed by atoms with Gasteiger partial charge in [0, 0.05) is 11.8 Å². The van der Waals surface area contributed by atoms with E-state index in [0.717, 1.165) is 30.0 Å². The average molecular weight is 227 g/mol. The van der Waals surface area contributed by atoms with Gasteiger partial charge in [-0.1, -0.05) is 25.1 Å². The van der Waals surface area contributed by atoms with E-state index in [1.54, 1.807) is 0 Å². The van der Waals surface area contributed by atoms with Crippen molar-refractivity contribution in [2.45, 2.75) is 20.3 Å². The zero-order chi connectivity index (χ0) is 12.1. The molecule has 0 fully saturated rings. The van der Waals surface area contributed by atoms with E-state index in [0.29, 0.717) is 0 Å². The summed E-state index contributed by atoms with van der Waals surface area (Å²) in [6, 6.07) is 12.1. The molecule has 2 nitrogen and oxygen atoms in total. The third-order valence-corrected chi connectivity index (χ3v) is 2.61. The first-order valence-corrected chi connectivity index (χ1v) is 5.96. The van der Waals surface area contributed by atoms with Gasteiger partial charge in [0.05, 0.1) is 12.3 Å². The monoisotopic (exact) mass is 227 g/mol. The number of para-hydroxylation sites is 1. The summed E-state index contributed by atoms with van der Waals surface area (Å²) in [4.78, 5) is 4.44. The van der Waals surface area contributed by atoms with Crippen LogP contribution < -0.4 is 4.74 Å². The molecule has 0 saturated heterocycles. The van der Waals surface area contributed by atoms with E-state index in [9.17, 15) is 0 Å². The molecule has 0 aliphatic heterocycles. The second-order valence-corrected chi connectivity index (χ2v) is 4.01. The van der Waals surface area contributed by atoms with E-state index in [1.165, 1.54) is 5.56 Å². The van der Waals surface area contributed by atoms with Gasteiger partial charge in [0.1, 0.15) is 5.75 Å². The molecule has 88 valence electrons. The van der Waals surface area contributed by atoms with Crippen molar-refractivity contribution in [3.8, 4) is 17.0 Å². The van der Waals surface area contributed by atoms with Crippen molar-refractivity contribution in [2.24, 2.45) is 0 Å². The summed E-state index contributed by atoms with van der Waals surface area (Å²) in [6.45, 7) is 4.91. The zero-order valence-electron chi connectivity index (χ0n) is 10.3. The Kier molecular flexibility index (Phi) is 3.76. The Labute approximate surface area is 102 Å². The molecular weight excluding hydrogens is 210 g/mol. The molecule has 0 unspecified atom stereocenters. The van der Waals surface area contributed by atoms with Gasteiger partial charge in [-0.25, -0.2) is 0 Å². The molecule has 2 aromatic rings. The Balaban J connectivity index is 2.41. The van der Waals surface area contributed by atoms with Gasteiger partial charge < -0.3 is 4.74 Å². The fraction of sp³-hybridized carbons (Fsp3) is 0.267. The first-order valence-electron chi connectivity index (χ1n) is 5.96. The Morgan fingerprint density at radius 1 is 1.12 bits per heavy atom. The molecule has 17 heavy (non-hydrogen) atoms. The van der Waals surface area contributed by atoms with Crippen molar-refractivity contribution in [1.82, 2.24) is 4.98 Å². The second-order valence-electron chi connectivity index (χ2n) is 4.01. The summed E-state index contributed by atoms with van der Waals surface area (Å²) in [5.74, 6) is 0.913. The van der Waals surface area contributed by atoms with Gasteiger partial charge in [0.25, 0.3) is 0 Å². The molecule has 0 saturated carbocycles. The van der Waals surface area contributed by atoms with E-state index in [4.69, 9.17) is 4.74 Å². The number of benzene rings is 1. The smallest absolute Gasteiger partial charge is 0.128 e. The zero-order valence-corrected chi connectivity index (χ0v) is 10.3. The van der Waals surface area contributed by atoms with E-state index in [1.807, 2.05) is 30.5 Å². The van der Waals surface area contributed by atoms with E-state index < -0.39 is 0 Å². The van der Waals surface area contributed by atoms with Crippen LogP contribution in [-0.4, -0.2) is 11.6 Å². The number of nitrogens with zero attached hydrogens (tertiary/aromatic N) is 1. The topological polar surface area (TPSA) is 22.1 Å². The molecule has 1 heterocycles. The highest BCUT2D eigenvalue weighted by atomic mass is 16.5. The number of hydrogen-bond acceptors (Lipinski definition) is 2. The molecule has 1 aromatic carbocycles. The number of aryl methyl sites for hydroxylation is 1. The molecule has 2 heteroatoms. The number of aromatic nitrogens is 1. The highest BCUT2D eigenvalue weighted by Crippen LogP contribution is 2.30. The van der Waals surface area contributed by atoms with Gasteiger partial charge in [0.2, 0.25) is 0 Å². The molecule has 0 spiro atoms. The first kappa shape index (κ1) is 11.6. The fourth-order valence-corrected chi connectivity index (χ4v) is 1.77. The highest BCUT2D eigenvalue weighted by Gasteiger charge is 2.08. The van der Waals surface area contributed by atoms with Crippen molar-refractivity contribution in [3.63, 3.8) is 0 Å². The van der Waals surface area contributed by atoms with Crippen molar-refractivity contribution in [2.75, 3.05) is 6.61 Å². The van der Waals surface area contributed by atoms with Crippen LogP contribution in [0.5, 0.6) is 5.75 Å². The summed E-state index contributed by atoms with van der Waals surface area (Å²) >= 11 is 0. The van der Waals surface area contributed by atoms with Crippen LogP contribution in [-0.2, 0) is 0 Å². The third kappa shape index (κ3) is 2.64. The van der Waals surface area contributed by atoms with Crippen LogP contribution in [0.1, 0.15) is 18.9 Å². The Morgan fingerprint density at radius 2 is 1.94 bits per heavy atom. The predicted octanol–water partition coefficient (Wildman–Crippen LogP) is 3.85. The van der Waals surface area contributed by atoms with Crippen LogP contribution in [0, 0.1) is 6.92 Å². The lowest BCUT2D eigenvalue weighted by Gasteiger charge is -2.11. The van der Waals surface area contributed by atoms with Gasteiger partial charge >= 0.3 is 0 Å². The minimum atomic E-state index is 0.739. The van der Waals surface area contributed by atoms with Crippen LogP contribution in [0.2, 0.25) is 0 Å². The summed E-state index contributed by atoms with van der Waals surface area (Å²) in [5.41, 5.74) is 3.23. The van der Waals surface area contributed by atoms with Crippen LogP contribution >= 0.6 is 0 Å². The van der Waals surface area contributed by atoms with E-state index >= 15 is 0 Å². The van der Waals surface area contributed by atoms with E-state index in [-0.39, 0.29) is 0 Å². The maximum absolute atomic E-state index is 5.76. The minimum Gasteiger partial charge on any atom is -0.493 e. The maximum Gasteiger partial charge on any atom is 0.128 e. The van der Waals surface area contributed by atoms with Crippen LogP contribution in [0.3, 0.4) is 0 Å². The van der Waals surface area contributed by atoms with Gasteiger partial charge in [-0.3, -0.25) is 4.98 Å². The molecule has 2 rings (SSSR count). The lowest BCUT2D eigenvalue weighted by atomic mass is 10.1. The number of rotatable bonds is 4. The third-order valence-electron chi connectivity index (χ3n) is 2.61. The average Bonchev–Trinajstić information content (AvgIpc) is 2.37. The lowest BCUT2D eigenvalue weighted by molar-refractivity contribution is 0.318. The summed E-state index contributed by atoms with van der Waals surface area (Å²) < 4.78 is 5.76. The van der Waals surface area contributed by atoms with Crippen molar-refractivity contribution >= 4 is 0 Å². The number of hydrogen-bond donors (Lipinski definition) is 0. The van der Waals surface area contributed by atoms with Crippen LogP contribution in [0.15, 0.2) is 42.6 Å². The highest BCUT2D eigenvalue weighted by molar-refractivity contribution is 5.69. The second kappa shape index (κ2) is 5.48. The first-order chi connectivity index (χ1) is 8.33. The standard InChI is InChI=1S/C15H17NO/c1-3-11-17-14-9-5-4-8-13(14)15-12(2)7-6-10-16-15/h4-10H,3,11H2,1-2H3. The SMILES string of the molecule is CCCOc1ccccc1-c1ncccc1C. The Bertz CT molecular complexity index is 494. The molecule has 0 N–H and O–H groups in total. The lowest BCUT2D eigenvalue weighted by Crippen LogP contribution is -1.98. The molecule has 0 aliphatic carbocycles. The molecule has 0 aliphatic rings. The number of ether oxygens (including phenoxy) is 1.